The van der Waals surface area contributed by atoms with E-state index >= 15 is 0 Å². The maximum atomic E-state index is 9.61. The highest BCUT2D eigenvalue weighted by Crippen LogP contribution is 2.19. The number of hydrogen-bond donors (Lipinski definition) is 1. The lowest BCUT2D eigenvalue weighted by atomic mass is 10.2. The summed E-state index contributed by atoms with van der Waals surface area (Å²) < 4.78 is 0. The summed E-state index contributed by atoms with van der Waals surface area (Å²) >= 11 is 1.67. The van der Waals surface area contributed by atoms with Crippen LogP contribution >= 0.6 is 11.3 Å². The number of thiazole rings is 1. The summed E-state index contributed by atoms with van der Waals surface area (Å²) in [5.41, 5.74) is 2.17. The molecule has 0 amide bonds. The molecule has 96 valence electrons. The van der Waals surface area contributed by atoms with Gasteiger partial charge in [0.25, 0.3) is 0 Å². The van der Waals surface area contributed by atoms with Crippen molar-refractivity contribution >= 4 is 17.0 Å². The quantitative estimate of drug-likeness (QED) is 0.900. The van der Waals surface area contributed by atoms with E-state index in [2.05, 4.69) is 27.4 Å². The number of rotatable bonds is 5. The van der Waals surface area contributed by atoms with Gasteiger partial charge in [-0.3, -0.25) is 0 Å². The molecule has 0 radical (unpaired) electrons. The van der Waals surface area contributed by atoms with Gasteiger partial charge in [-0.15, -0.1) is 11.3 Å². The highest BCUT2D eigenvalue weighted by Gasteiger charge is 2.11. The topological polar surface area (TPSA) is 36.4 Å². The van der Waals surface area contributed by atoms with Gasteiger partial charge in [-0.1, -0.05) is 18.2 Å². The van der Waals surface area contributed by atoms with Crippen LogP contribution in [0.5, 0.6) is 0 Å². The van der Waals surface area contributed by atoms with Crippen LogP contribution in [-0.4, -0.2) is 22.7 Å². The van der Waals surface area contributed by atoms with E-state index in [0.717, 1.165) is 22.9 Å². The molecule has 1 unspecified atom stereocenters. The summed E-state index contributed by atoms with van der Waals surface area (Å²) in [5, 5.41) is 12.7. The van der Waals surface area contributed by atoms with Crippen LogP contribution in [0.2, 0.25) is 0 Å². The van der Waals surface area contributed by atoms with Gasteiger partial charge in [-0.25, -0.2) is 4.98 Å². The first kappa shape index (κ1) is 13.1. The number of aliphatic hydroxyl groups is 1. The molecule has 0 aliphatic rings. The molecule has 0 saturated heterocycles. The van der Waals surface area contributed by atoms with Gasteiger partial charge in [-0.05, 0) is 26.0 Å². The van der Waals surface area contributed by atoms with Crippen molar-refractivity contribution in [2.24, 2.45) is 0 Å². The SMILES string of the molecule is Cc1csc(CN(CC(C)O)c2ccccc2)n1. The molecule has 4 heteroatoms. The number of para-hydroxylation sites is 1. The molecule has 2 aromatic rings. The van der Waals surface area contributed by atoms with E-state index < -0.39 is 0 Å². The van der Waals surface area contributed by atoms with E-state index in [9.17, 15) is 5.11 Å². The number of benzene rings is 1. The molecule has 2 rings (SSSR count). The van der Waals surface area contributed by atoms with Crippen LogP contribution < -0.4 is 4.90 Å². The normalized spacial score (nSPS) is 12.4. The molecular formula is C14H18N2OS. The maximum absolute atomic E-state index is 9.61. The summed E-state index contributed by atoms with van der Waals surface area (Å²) in [4.78, 5) is 6.63. The lowest BCUT2D eigenvalue weighted by Crippen LogP contribution is -2.30. The van der Waals surface area contributed by atoms with E-state index in [0.29, 0.717) is 6.54 Å². The second-order valence-electron chi connectivity index (χ2n) is 4.45. The molecule has 1 heterocycles. The second-order valence-corrected chi connectivity index (χ2v) is 5.39. The van der Waals surface area contributed by atoms with Gasteiger partial charge in [0, 0.05) is 23.3 Å². The van der Waals surface area contributed by atoms with E-state index in [1.165, 1.54) is 0 Å². The van der Waals surface area contributed by atoms with Crippen molar-refractivity contribution in [3.63, 3.8) is 0 Å². The Morgan fingerprint density at radius 1 is 1.33 bits per heavy atom. The van der Waals surface area contributed by atoms with E-state index in [-0.39, 0.29) is 6.10 Å². The van der Waals surface area contributed by atoms with Crippen LogP contribution in [0.15, 0.2) is 35.7 Å². The molecule has 0 saturated carbocycles. The Morgan fingerprint density at radius 3 is 2.61 bits per heavy atom. The van der Waals surface area contributed by atoms with Crippen molar-refractivity contribution in [2.45, 2.75) is 26.5 Å². The molecule has 1 atom stereocenters. The standard InChI is InChI=1S/C14H18N2OS/c1-11-10-18-14(15-11)9-16(8-12(2)17)13-6-4-3-5-7-13/h3-7,10,12,17H,8-9H2,1-2H3. The van der Waals surface area contributed by atoms with Gasteiger partial charge < -0.3 is 10.0 Å². The molecule has 1 N–H and O–H groups in total. The fourth-order valence-electron chi connectivity index (χ4n) is 1.86. The molecule has 18 heavy (non-hydrogen) atoms. The van der Waals surface area contributed by atoms with Gasteiger partial charge in [0.15, 0.2) is 0 Å². The Kier molecular flexibility index (Phi) is 4.33. The first-order valence-electron chi connectivity index (χ1n) is 6.04. The van der Waals surface area contributed by atoms with E-state index in [1.807, 2.05) is 32.0 Å². The van der Waals surface area contributed by atoms with Crippen molar-refractivity contribution < 1.29 is 5.11 Å². The monoisotopic (exact) mass is 262 g/mol. The fourth-order valence-corrected chi connectivity index (χ4v) is 2.64. The maximum Gasteiger partial charge on any atom is 0.112 e. The molecule has 1 aromatic heterocycles. The minimum Gasteiger partial charge on any atom is -0.392 e. The summed E-state index contributed by atoms with van der Waals surface area (Å²) in [6.07, 6.45) is -0.355. The zero-order valence-electron chi connectivity index (χ0n) is 10.7. The van der Waals surface area contributed by atoms with Gasteiger partial charge in [-0.2, -0.15) is 0 Å². The van der Waals surface area contributed by atoms with Gasteiger partial charge in [0.2, 0.25) is 0 Å². The van der Waals surface area contributed by atoms with Crippen LogP contribution in [0.25, 0.3) is 0 Å². The van der Waals surface area contributed by atoms with Crippen molar-refractivity contribution in [1.29, 1.82) is 0 Å². The zero-order valence-corrected chi connectivity index (χ0v) is 11.5. The third kappa shape index (κ3) is 3.55. The van der Waals surface area contributed by atoms with Crippen molar-refractivity contribution in [2.75, 3.05) is 11.4 Å². The number of hydrogen-bond acceptors (Lipinski definition) is 4. The predicted molar refractivity (Wildman–Crippen MR) is 76.0 cm³/mol. The second kappa shape index (κ2) is 5.98. The van der Waals surface area contributed by atoms with E-state index in [1.54, 1.807) is 11.3 Å². The Bertz CT molecular complexity index is 482. The average Bonchev–Trinajstić information content (AvgIpc) is 2.75. The molecule has 0 aliphatic heterocycles. The third-order valence-corrected chi connectivity index (χ3v) is 3.55. The first-order chi connectivity index (χ1) is 8.65. The zero-order chi connectivity index (χ0) is 13.0. The molecule has 0 fully saturated rings. The third-order valence-electron chi connectivity index (χ3n) is 2.60. The molecule has 0 spiro atoms. The predicted octanol–water partition coefficient (Wildman–Crippen LogP) is 2.84. The highest BCUT2D eigenvalue weighted by atomic mass is 32.1. The lowest BCUT2D eigenvalue weighted by Gasteiger charge is -2.25. The van der Waals surface area contributed by atoms with Crippen molar-refractivity contribution in [1.82, 2.24) is 4.98 Å². The van der Waals surface area contributed by atoms with E-state index in [4.69, 9.17) is 0 Å². The van der Waals surface area contributed by atoms with Crippen LogP contribution in [0.3, 0.4) is 0 Å². The number of anilines is 1. The summed E-state index contributed by atoms with van der Waals surface area (Å²) in [7, 11) is 0. The van der Waals surface area contributed by atoms with Crippen molar-refractivity contribution in [3.05, 3.63) is 46.4 Å². The minimum atomic E-state index is -0.355. The van der Waals surface area contributed by atoms with Crippen LogP contribution in [0.4, 0.5) is 5.69 Å². The summed E-state index contributed by atoms with van der Waals surface area (Å²) in [6, 6.07) is 10.1. The van der Waals surface area contributed by atoms with Crippen molar-refractivity contribution in [3.8, 4) is 0 Å². The molecule has 3 nitrogen and oxygen atoms in total. The van der Waals surface area contributed by atoms with Gasteiger partial charge >= 0.3 is 0 Å². The summed E-state index contributed by atoms with van der Waals surface area (Å²) in [5.74, 6) is 0. The molecule has 1 aromatic carbocycles. The van der Waals surface area contributed by atoms with Gasteiger partial charge in [0.1, 0.15) is 5.01 Å². The first-order valence-corrected chi connectivity index (χ1v) is 6.92. The van der Waals surface area contributed by atoms with Crippen LogP contribution in [0.1, 0.15) is 17.6 Å². The Balaban J connectivity index is 2.15. The average molecular weight is 262 g/mol. The fraction of sp³-hybridized carbons (Fsp3) is 0.357. The highest BCUT2D eigenvalue weighted by molar-refractivity contribution is 7.09. The van der Waals surface area contributed by atoms with Crippen LogP contribution in [-0.2, 0) is 6.54 Å². The number of aliphatic hydroxyl groups excluding tert-OH is 1. The number of nitrogens with zero attached hydrogens (tertiary/aromatic N) is 2. The Morgan fingerprint density at radius 2 is 2.06 bits per heavy atom. The largest absolute Gasteiger partial charge is 0.392 e. The Labute approximate surface area is 112 Å². The number of aryl methyl sites for hydroxylation is 1. The number of aromatic nitrogens is 1. The molecule has 0 bridgehead atoms. The lowest BCUT2D eigenvalue weighted by molar-refractivity contribution is 0.199. The minimum absolute atomic E-state index is 0.355. The molecular weight excluding hydrogens is 244 g/mol. The molecule has 0 aliphatic carbocycles. The smallest absolute Gasteiger partial charge is 0.112 e. The van der Waals surface area contributed by atoms with Gasteiger partial charge in [0.05, 0.1) is 12.6 Å². The summed E-state index contributed by atoms with van der Waals surface area (Å²) in [6.45, 7) is 5.17. The Hall–Kier alpha value is -1.39. The van der Waals surface area contributed by atoms with Crippen LogP contribution in [0, 0.1) is 6.92 Å².